The molecule has 0 unspecified atom stereocenters. The molecule has 2 aromatic rings. The predicted molar refractivity (Wildman–Crippen MR) is 102 cm³/mol. The van der Waals surface area contributed by atoms with Gasteiger partial charge in [-0.15, -0.1) is 0 Å². The number of carbonyl (C=O) groups excluding carboxylic acids is 2. The van der Waals surface area contributed by atoms with Crippen LogP contribution in [-0.2, 0) is 14.3 Å². The molecule has 1 aliphatic heterocycles. The van der Waals surface area contributed by atoms with Gasteiger partial charge in [0.1, 0.15) is 19.5 Å². The number of rotatable bonds is 5. The van der Waals surface area contributed by atoms with Gasteiger partial charge in [0.05, 0.1) is 6.04 Å². The lowest BCUT2D eigenvalue weighted by Crippen LogP contribution is -2.33. The summed E-state index contributed by atoms with van der Waals surface area (Å²) >= 11 is 0. The van der Waals surface area contributed by atoms with Crippen molar-refractivity contribution in [3.05, 3.63) is 77.7 Å². The number of hydrogen-bond acceptors (Lipinski definition) is 4. The second-order valence-electron chi connectivity index (χ2n) is 6.24. The number of hydrogen-bond donors (Lipinski definition) is 1. The third-order valence-electron chi connectivity index (χ3n) is 4.42. The maximum Gasteiger partial charge on any atom is 0.292 e. The molecule has 0 saturated carbocycles. The molecule has 0 saturated heterocycles. The largest absolute Gasteiger partial charge is 0.494 e. The lowest BCUT2D eigenvalue weighted by molar-refractivity contribution is -0.132. The summed E-state index contributed by atoms with van der Waals surface area (Å²) < 4.78 is 10.5. The van der Waals surface area contributed by atoms with Crippen LogP contribution in [-0.4, -0.2) is 37.0 Å². The minimum absolute atomic E-state index is 0.178. The summed E-state index contributed by atoms with van der Waals surface area (Å²) in [4.78, 5) is 26.5. The fourth-order valence-electron chi connectivity index (χ4n) is 2.72. The van der Waals surface area contributed by atoms with Crippen LogP contribution >= 0.6 is 0 Å². The molecular formula is C21H22N2O4. The van der Waals surface area contributed by atoms with Crippen LogP contribution in [0.4, 0.5) is 5.69 Å². The van der Waals surface area contributed by atoms with E-state index in [0.717, 1.165) is 5.56 Å². The Kier molecular flexibility index (Phi) is 5.76. The zero-order chi connectivity index (χ0) is 19.2. The Balaban J connectivity index is 1.71. The standard InChI is InChI=1S/C21H22N2O4/c1-15(23(2)21(25)19-14-26-11-12-27-19)17-9-6-10-18(13-17)22-20(24)16-7-4-3-5-8-16/h3-10,13-15H,11-12H2,1-2H3,(H,22,24)/t15-/m0/s1. The van der Waals surface area contributed by atoms with Gasteiger partial charge in [-0.1, -0.05) is 30.3 Å². The number of ether oxygens (including phenoxy) is 2. The van der Waals surface area contributed by atoms with Gasteiger partial charge in [-0.2, -0.15) is 0 Å². The summed E-state index contributed by atoms with van der Waals surface area (Å²) in [6.45, 7) is 2.72. The van der Waals surface area contributed by atoms with Gasteiger partial charge in [0.15, 0.2) is 0 Å². The van der Waals surface area contributed by atoms with E-state index in [1.165, 1.54) is 6.26 Å². The normalized spacial score (nSPS) is 14.2. The van der Waals surface area contributed by atoms with Crippen LogP contribution in [0.3, 0.4) is 0 Å². The first-order valence-corrected chi connectivity index (χ1v) is 8.74. The van der Waals surface area contributed by atoms with E-state index in [2.05, 4.69) is 5.32 Å². The van der Waals surface area contributed by atoms with Crippen molar-refractivity contribution in [2.45, 2.75) is 13.0 Å². The number of nitrogens with one attached hydrogen (secondary N) is 1. The first kappa shape index (κ1) is 18.5. The van der Waals surface area contributed by atoms with Crippen LogP contribution in [0.5, 0.6) is 0 Å². The predicted octanol–water partition coefficient (Wildman–Crippen LogP) is 3.35. The van der Waals surface area contributed by atoms with E-state index < -0.39 is 0 Å². The molecule has 6 nitrogen and oxygen atoms in total. The molecule has 0 aliphatic carbocycles. The number of carbonyl (C=O) groups is 2. The molecule has 2 amide bonds. The van der Waals surface area contributed by atoms with E-state index in [-0.39, 0.29) is 23.6 Å². The smallest absolute Gasteiger partial charge is 0.292 e. The first-order valence-electron chi connectivity index (χ1n) is 8.74. The Hall–Kier alpha value is -3.28. The van der Waals surface area contributed by atoms with Crippen molar-refractivity contribution in [3.8, 4) is 0 Å². The molecule has 1 aliphatic rings. The van der Waals surface area contributed by atoms with E-state index in [4.69, 9.17) is 9.47 Å². The number of benzene rings is 2. The number of nitrogens with zero attached hydrogens (tertiary/aromatic N) is 1. The second-order valence-corrected chi connectivity index (χ2v) is 6.24. The zero-order valence-electron chi connectivity index (χ0n) is 15.3. The van der Waals surface area contributed by atoms with Gasteiger partial charge in [0.2, 0.25) is 5.76 Å². The summed E-state index contributed by atoms with van der Waals surface area (Å²) in [5, 5.41) is 2.89. The molecule has 0 radical (unpaired) electrons. The monoisotopic (exact) mass is 366 g/mol. The lowest BCUT2D eigenvalue weighted by atomic mass is 10.1. The second kappa shape index (κ2) is 8.40. The van der Waals surface area contributed by atoms with Crippen molar-refractivity contribution in [1.82, 2.24) is 4.90 Å². The molecule has 1 N–H and O–H groups in total. The van der Waals surface area contributed by atoms with Gasteiger partial charge in [-0.3, -0.25) is 9.59 Å². The minimum Gasteiger partial charge on any atom is -0.494 e. The molecule has 140 valence electrons. The Morgan fingerprint density at radius 1 is 1.07 bits per heavy atom. The van der Waals surface area contributed by atoms with Crippen molar-refractivity contribution in [2.24, 2.45) is 0 Å². The fraction of sp³-hybridized carbons (Fsp3) is 0.238. The van der Waals surface area contributed by atoms with Gasteiger partial charge in [0, 0.05) is 18.3 Å². The van der Waals surface area contributed by atoms with Crippen LogP contribution in [0, 0.1) is 0 Å². The van der Waals surface area contributed by atoms with Crippen LogP contribution in [0.2, 0.25) is 0 Å². The molecule has 2 aromatic carbocycles. The van der Waals surface area contributed by atoms with Crippen LogP contribution < -0.4 is 5.32 Å². The van der Waals surface area contributed by atoms with Gasteiger partial charge in [0.25, 0.3) is 11.8 Å². The number of anilines is 1. The highest BCUT2D eigenvalue weighted by molar-refractivity contribution is 6.04. The van der Waals surface area contributed by atoms with Crippen LogP contribution in [0.25, 0.3) is 0 Å². The molecule has 0 bridgehead atoms. The molecule has 1 atom stereocenters. The SMILES string of the molecule is C[C@@H](c1cccc(NC(=O)c2ccccc2)c1)N(C)C(=O)C1=COCCO1. The Bertz CT molecular complexity index is 848. The fourth-order valence-corrected chi connectivity index (χ4v) is 2.72. The van der Waals surface area contributed by atoms with Gasteiger partial charge in [-0.25, -0.2) is 0 Å². The van der Waals surface area contributed by atoms with E-state index in [1.807, 2.05) is 49.4 Å². The molecule has 3 rings (SSSR count). The first-order chi connectivity index (χ1) is 13.1. The number of likely N-dealkylation sites (N-methyl/N-ethyl adjacent to an activating group) is 1. The van der Waals surface area contributed by atoms with Crippen LogP contribution in [0.15, 0.2) is 66.6 Å². The Morgan fingerprint density at radius 3 is 2.56 bits per heavy atom. The molecule has 6 heteroatoms. The van der Waals surface area contributed by atoms with Crippen molar-refractivity contribution in [2.75, 3.05) is 25.6 Å². The zero-order valence-corrected chi connectivity index (χ0v) is 15.3. The number of amides is 2. The Morgan fingerprint density at radius 2 is 1.85 bits per heavy atom. The highest BCUT2D eigenvalue weighted by atomic mass is 16.6. The summed E-state index contributed by atoms with van der Waals surface area (Å²) in [6, 6.07) is 16.3. The molecule has 0 spiro atoms. The molecular weight excluding hydrogens is 344 g/mol. The molecule has 1 heterocycles. The highest BCUT2D eigenvalue weighted by Crippen LogP contribution is 2.24. The van der Waals surface area contributed by atoms with E-state index in [9.17, 15) is 9.59 Å². The average molecular weight is 366 g/mol. The van der Waals surface area contributed by atoms with E-state index >= 15 is 0 Å². The van der Waals surface area contributed by atoms with Crippen LogP contribution in [0.1, 0.15) is 28.9 Å². The molecule has 0 fully saturated rings. The van der Waals surface area contributed by atoms with Gasteiger partial charge >= 0.3 is 0 Å². The van der Waals surface area contributed by atoms with Crippen molar-refractivity contribution < 1.29 is 19.1 Å². The minimum atomic E-state index is -0.249. The maximum absolute atomic E-state index is 12.5. The van der Waals surface area contributed by atoms with Crippen molar-refractivity contribution >= 4 is 17.5 Å². The third-order valence-corrected chi connectivity index (χ3v) is 4.42. The maximum atomic E-state index is 12.5. The lowest BCUT2D eigenvalue weighted by Gasteiger charge is -2.27. The van der Waals surface area contributed by atoms with E-state index in [0.29, 0.717) is 24.5 Å². The van der Waals surface area contributed by atoms with Gasteiger partial charge in [-0.05, 0) is 36.8 Å². The summed E-state index contributed by atoms with van der Waals surface area (Å²) in [5.41, 5.74) is 2.16. The average Bonchev–Trinajstić information content (AvgIpc) is 2.73. The van der Waals surface area contributed by atoms with E-state index in [1.54, 1.807) is 24.1 Å². The van der Waals surface area contributed by atoms with Crippen molar-refractivity contribution in [3.63, 3.8) is 0 Å². The van der Waals surface area contributed by atoms with Crippen molar-refractivity contribution in [1.29, 1.82) is 0 Å². The topological polar surface area (TPSA) is 67.9 Å². The Labute approximate surface area is 158 Å². The quantitative estimate of drug-likeness (QED) is 0.881. The van der Waals surface area contributed by atoms with Gasteiger partial charge < -0.3 is 19.7 Å². The summed E-state index contributed by atoms with van der Waals surface area (Å²) in [6.07, 6.45) is 1.35. The molecule has 27 heavy (non-hydrogen) atoms. The highest BCUT2D eigenvalue weighted by Gasteiger charge is 2.24. The molecule has 0 aromatic heterocycles. The summed E-state index contributed by atoms with van der Waals surface area (Å²) in [7, 11) is 1.71. The summed E-state index contributed by atoms with van der Waals surface area (Å²) in [5.74, 6) is -0.229. The third kappa shape index (κ3) is 4.47.